The zero-order valence-corrected chi connectivity index (χ0v) is 10.3. The molecule has 0 aliphatic rings. The second-order valence-electron chi connectivity index (χ2n) is 4.37. The van der Waals surface area contributed by atoms with Crippen molar-refractivity contribution in [3.05, 3.63) is 41.5 Å². The largest absolute Gasteiger partial charge is 0.423 e. The molecule has 0 fully saturated rings. The van der Waals surface area contributed by atoms with Crippen molar-refractivity contribution in [2.45, 2.75) is 33.6 Å². The zero-order chi connectivity index (χ0) is 12.1. The van der Waals surface area contributed by atoms with Crippen molar-refractivity contribution in [3.8, 4) is 5.75 Å². The fourth-order valence-electron chi connectivity index (χ4n) is 1.30. The van der Waals surface area contributed by atoms with Crippen molar-refractivity contribution >= 4 is 5.97 Å². The second kappa shape index (κ2) is 5.50. The Hall–Kier alpha value is -1.57. The standard InChI is InChI=1S/C14H18O2/c1-10(2)9-14(15)16-13-7-5-12(6-8-13)11(3)4/h5-9,11H,1-4H3. The molecule has 0 amide bonds. The number of hydrogen-bond acceptors (Lipinski definition) is 2. The minimum Gasteiger partial charge on any atom is -0.423 e. The van der Waals surface area contributed by atoms with Crippen LogP contribution in [0.2, 0.25) is 0 Å². The molecule has 0 radical (unpaired) electrons. The van der Waals surface area contributed by atoms with Crippen LogP contribution in [0.15, 0.2) is 35.9 Å². The highest BCUT2D eigenvalue weighted by atomic mass is 16.5. The Kier molecular flexibility index (Phi) is 4.29. The normalized spacial score (nSPS) is 10.1. The van der Waals surface area contributed by atoms with Crippen LogP contribution >= 0.6 is 0 Å². The van der Waals surface area contributed by atoms with Gasteiger partial charge in [-0.3, -0.25) is 0 Å². The van der Waals surface area contributed by atoms with Gasteiger partial charge in [-0.25, -0.2) is 4.79 Å². The molecule has 0 atom stereocenters. The first-order valence-electron chi connectivity index (χ1n) is 5.45. The maximum atomic E-state index is 11.3. The molecule has 0 aliphatic heterocycles. The molecule has 0 aromatic heterocycles. The molecule has 2 heteroatoms. The molecule has 0 aliphatic carbocycles. The van der Waals surface area contributed by atoms with Gasteiger partial charge in [-0.1, -0.05) is 31.6 Å². The summed E-state index contributed by atoms with van der Waals surface area (Å²) >= 11 is 0. The number of esters is 1. The molecule has 0 spiro atoms. The number of ether oxygens (including phenoxy) is 1. The van der Waals surface area contributed by atoms with Crippen molar-refractivity contribution in [2.24, 2.45) is 0 Å². The van der Waals surface area contributed by atoms with Crippen LogP contribution in [0, 0.1) is 0 Å². The summed E-state index contributed by atoms with van der Waals surface area (Å²) in [6.45, 7) is 7.99. The summed E-state index contributed by atoms with van der Waals surface area (Å²) in [5, 5.41) is 0. The Morgan fingerprint density at radius 1 is 1.19 bits per heavy atom. The van der Waals surface area contributed by atoms with Crippen molar-refractivity contribution < 1.29 is 9.53 Å². The predicted molar refractivity (Wildman–Crippen MR) is 65.6 cm³/mol. The minimum atomic E-state index is -0.322. The van der Waals surface area contributed by atoms with E-state index in [4.69, 9.17) is 4.74 Å². The highest BCUT2D eigenvalue weighted by Gasteiger charge is 2.02. The van der Waals surface area contributed by atoms with E-state index in [1.807, 2.05) is 38.1 Å². The first-order chi connectivity index (χ1) is 7.49. The summed E-state index contributed by atoms with van der Waals surface area (Å²) in [5.41, 5.74) is 2.17. The van der Waals surface area contributed by atoms with E-state index >= 15 is 0 Å². The van der Waals surface area contributed by atoms with Gasteiger partial charge in [0.05, 0.1) is 0 Å². The number of carbonyl (C=O) groups is 1. The van der Waals surface area contributed by atoms with Gasteiger partial charge >= 0.3 is 5.97 Å². The Bertz CT molecular complexity index is 382. The second-order valence-corrected chi connectivity index (χ2v) is 4.37. The summed E-state index contributed by atoms with van der Waals surface area (Å²) in [6.07, 6.45) is 1.48. The first kappa shape index (κ1) is 12.5. The summed E-state index contributed by atoms with van der Waals surface area (Å²) in [5.74, 6) is 0.756. The predicted octanol–water partition coefficient (Wildman–Crippen LogP) is 3.68. The van der Waals surface area contributed by atoms with Gasteiger partial charge in [0.2, 0.25) is 0 Å². The number of rotatable bonds is 3. The van der Waals surface area contributed by atoms with Crippen LogP contribution in [0.1, 0.15) is 39.2 Å². The van der Waals surface area contributed by atoms with Crippen molar-refractivity contribution in [1.29, 1.82) is 0 Å². The molecule has 0 saturated carbocycles. The van der Waals surface area contributed by atoms with E-state index < -0.39 is 0 Å². The number of hydrogen-bond donors (Lipinski definition) is 0. The lowest BCUT2D eigenvalue weighted by Crippen LogP contribution is -2.04. The van der Waals surface area contributed by atoms with Crippen LogP contribution in [0.4, 0.5) is 0 Å². The number of allylic oxidation sites excluding steroid dienone is 1. The third kappa shape index (κ3) is 3.89. The van der Waals surface area contributed by atoms with E-state index in [-0.39, 0.29) is 5.97 Å². The maximum absolute atomic E-state index is 11.3. The van der Waals surface area contributed by atoms with Gasteiger partial charge in [0.15, 0.2) is 0 Å². The summed E-state index contributed by atoms with van der Waals surface area (Å²) in [7, 11) is 0. The summed E-state index contributed by atoms with van der Waals surface area (Å²) in [6, 6.07) is 7.61. The average Bonchev–Trinajstić information content (AvgIpc) is 2.16. The van der Waals surface area contributed by atoms with Gasteiger partial charge in [0, 0.05) is 6.08 Å². The van der Waals surface area contributed by atoms with Crippen molar-refractivity contribution in [2.75, 3.05) is 0 Å². The van der Waals surface area contributed by atoms with Gasteiger partial charge in [-0.05, 0) is 37.5 Å². The Balaban J connectivity index is 2.69. The van der Waals surface area contributed by atoms with E-state index in [9.17, 15) is 4.79 Å². The van der Waals surface area contributed by atoms with E-state index in [2.05, 4.69) is 13.8 Å². The third-order valence-corrected chi connectivity index (χ3v) is 2.17. The topological polar surface area (TPSA) is 26.3 Å². The molecule has 1 aromatic rings. The molecule has 16 heavy (non-hydrogen) atoms. The molecule has 0 unspecified atom stereocenters. The fraction of sp³-hybridized carbons (Fsp3) is 0.357. The number of benzene rings is 1. The molecule has 0 heterocycles. The van der Waals surface area contributed by atoms with Crippen LogP contribution in [0.3, 0.4) is 0 Å². The first-order valence-corrected chi connectivity index (χ1v) is 5.45. The van der Waals surface area contributed by atoms with E-state index in [0.29, 0.717) is 11.7 Å². The van der Waals surface area contributed by atoms with Crippen LogP contribution in [0.5, 0.6) is 5.75 Å². The molecular formula is C14H18O2. The summed E-state index contributed by atoms with van der Waals surface area (Å²) < 4.78 is 5.14. The quantitative estimate of drug-likeness (QED) is 0.439. The Morgan fingerprint density at radius 2 is 1.75 bits per heavy atom. The van der Waals surface area contributed by atoms with Gasteiger partial charge in [-0.15, -0.1) is 0 Å². The highest BCUT2D eigenvalue weighted by Crippen LogP contribution is 2.18. The lowest BCUT2D eigenvalue weighted by molar-refractivity contribution is -0.129. The Labute approximate surface area is 96.9 Å². The Morgan fingerprint density at radius 3 is 2.19 bits per heavy atom. The lowest BCUT2D eigenvalue weighted by Gasteiger charge is -2.06. The smallest absolute Gasteiger partial charge is 0.336 e. The molecule has 86 valence electrons. The molecule has 0 N–H and O–H groups in total. The molecular weight excluding hydrogens is 200 g/mol. The number of carbonyl (C=O) groups excluding carboxylic acids is 1. The van der Waals surface area contributed by atoms with Gasteiger partial charge in [0.25, 0.3) is 0 Å². The molecule has 0 saturated heterocycles. The van der Waals surface area contributed by atoms with Crippen LogP contribution in [-0.2, 0) is 4.79 Å². The molecule has 2 nitrogen and oxygen atoms in total. The maximum Gasteiger partial charge on any atom is 0.336 e. The lowest BCUT2D eigenvalue weighted by atomic mass is 10.0. The van der Waals surface area contributed by atoms with Gasteiger partial charge < -0.3 is 4.74 Å². The molecule has 0 bridgehead atoms. The third-order valence-electron chi connectivity index (χ3n) is 2.17. The van der Waals surface area contributed by atoms with Crippen molar-refractivity contribution in [3.63, 3.8) is 0 Å². The summed E-state index contributed by atoms with van der Waals surface area (Å²) in [4.78, 5) is 11.3. The van der Waals surface area contributed by atoms with E-state index in [1.165, 1.54) is 11.6 Å². The SMILES string of the molecule is CC(C)=CC(=O)Oc1ccc(C(C)C)cc1. The monoisotopic (exact) mass is 218 g/mol. The van der Waals surface area contributed by atoms with Crippen LogP contribution in [0.25, 0.3) is 0 Å². The highest BCUT2D eigenvalue weighted by molar-refractivity contribution is 5.84. The van der Waals surface area contributed by atoms with E-state index in [1.54, 1.807) is 0 Å². The van der Waals surface area contributed by atoms with Crippen LogP contribution < -0.4 is 4.74 Å². The zero-order valence-electron chi connectivity index (χ0n) is 10.3. The van der Waals surface area contributed by atoms with Gasteiger partial charge in [-0.2, -0.15) is 0 Å². The van der Waals surface area contributed by atoms with Crippen molar-refractivity contribution in [1.82, 2.24) is 0 Å². The van der Waals surface area contributed by atoms with Crippen LogP contribution in [-0.4, -0.2) is 5.97 Å². The van der Waals surface area contributed by atoms with Gasteiger partial charge in [0.1, 0.15) is 5.75 Å². The molecule has 1 rings (SSSR count). The van der Waals surface area contributed by atoms with E-state index in [0.717, 1.165) is 5.57 Å². The fourth-order valence-corrected chi connectivity index (χ4v) is 1.30. The average molecular weight is 218 g/mol. The minimum absolute atomic E-state index is 0.322. The molecule has 1 aromatic carbocycles.